The van der Waals surface area contributed by atoms with Gasteiger partial charge in [0.2, 0.25) is 5.78 Å². The number of Topliss-reactive ketones (excluding diaryl/α,β-unsaturated/α-hetero) is 1. The molecule has 2 aromatic carbocycles. The molecule has 2 rings (SSSR count). The first-order valence-corrected chi connectivity index (χ1v) is 8.51. The Hall–Kier alpha value is -3.15. The van der Waals surface area contributed by atoms with Crippen LogP contribution in [0.4, 0.5) is 0 Å². The Kier molecular flexibility index (Phi) is 6.71. The Morgan fingerprint density at radius 1 is 1.00 bits per heavy atom. The van der Waals surface area contributed by atoms with Crippen LogP contribution in [0, 0.1) is 20.8 Å². The Balaban J connectivity index is 1.90. The molecule has 6 heteroatoms. The van der Waals surface area contributed by atoms with Crippen LogP contribution in [0.15, 0.2) is 36.4 Å². The first-order valence-electron chi connectivity index (χ1n) is 8.51. The molecular weight excluding hydrogens is 346 g/mol. The van der Waals surface area contributed by atoms with Gasteiger partial charge < -0.3 is 14.8 Å². The molecule has 0 unspecified atom stereocenters. The SMILES string of the molecule is COc1ccccc1C(=O)NCC(=O)OCC(=O)c1c(C)cc(C)cc1C. The van der Waals surface area contributed by atoms with Gasteiger partial charge >= 0.3 is 5.97 Å². The van der Waals surface area contributed by atoms with Gasteiger partial charge in [-0.3, -0.25) is 14.4 Å². The Bertz CT molecular complexity index is 850. The first kappa shape index (κ1) is 20.2. The molecule has 0 aliphatic carbocycles. The van der Waals surface area contributed by atoms with Crippen molar-refractivity contribution in [2.24, 2.45) is 0 Å². The summed E-state index contributed by atoms with van der Waals surface area (Å²) in [7, 11) is 1.46. The van der Waals surface area contributed by atoms with Crippen LogP contribution in [0.25, 0.3) is 0 Å². The van der Waals surface area contributed by atoms with Crippen LogP contribution in [0.3, 0.4) is 0 Å². The molecular formula is C21H23NO5. The lowest BCUT2D eigenvalue weighted by Gasteiger charge is -2.11. The van der Waals surface area contributed by atoms with Crippen LogP contribution in [0.5, 0.6) is 5.75 Å². The Morgan fingerprint density at radius 2 is 1.63 bits per heavy atom. The van der Waals surface area contributed by atoms with Crippen LogP contribution in [-0.2, 0) is 9.53 Å². The lowest BCUT2D eigenvalue weighted by molar-refractivity contribution is -0.141. The first-order chi connectivity index (χ1) is 12.8. The summed E-state index contributed by atoms with van der Waals surface area (Å²) in [4.78, 5) is 36.4. The fourth-order valence-electron chi connectivity index (χ4n) is 2.97. The molecule has 1 N–H and O–H groups in total. The maximum absolute atomic E-state index is 12.4. The molecule has 27 heavy (non-hydrogen) atoms. The van der Waals surface area contributed by atoms with Gasteiger partial charge in [0, 0.05) is 5.56 Å². The summed E-state index contributed by atoms with van der Waals surface area (Å²) in [5, 5.41) is 2.46. The van der Waals surface area contributed by atoms with Crippen LogP contribution >= 0.6 is 0 Å². The monoisotopic (exact) mass is 369 g/mol. The number of ketones is 1. The highest BCUT2D eigenvalue weighted by molar-refractivity contribution is 6.01. The van der Waals surface area contributed by atoms with E-state index in [9.17, 15) is 14.4 Å². The van der Waals surface area contributed by atoms with E-state index in [1.807, 2.05) is 32.9 Å². The van der Waals surface area contributed by atoms with E-state index in [1.165, 1.54) is 7.11 Å². The second-order valence-corrected chi connectivity index (χ2v) is 6.24. The minimum absolute atomic E-state index is 0.269. The van der Waals surface area contributed by atoms with E-state index < -0.39 is 11.9 Å². The number of amides is 1. The number of benzene rings is 2. The average Bonchev–Trinajstić information content (AvgIpc) is 2.63. The molecule has 0 radical (unpaired) electrons. The number of esters is 1. The number of ether oxygens (including phenoxy) is 2. The summed E-state index contributed by atoms with van der Waals surface area (Å²) in [6.07, 6.45) is 0. The van der Waals surface area contributed by atoms with Gasteiger partial charge in [0.25, 0.3) is 5.91 Å². The highest BCUT2D eigenvalue weighted by Crippen LogP contribution is 2.18. The summed E-state index contributed by atoms with van der Waals surface area (Å²) in [6, 6.07) is 10.5. The zero-order chi connectivity index (χ0) is 20.0. The quantitative estimate of drug-likeness (QED) is 0.599. The van der Waals surface area contributed by atoms with Crippen molar-refractivity contribution >= 4 is 17.7 Å². The van der Waals surface area contributed by atoms with E-state index in [0.29, 0.717) is 16.9 Å². The van der Waals surface area contributed by atoms with Gasteiger partial charge in [-0.1, -0.05) is 29.8 Å². The third kappa shape index (κ3) is 5.17. The van der Waals surface area contributed by atoms with Crippen molar-refractivity contribution in [1.82, 2.24) is 5.32 Å². The summed E-state index contributed by atoms with van der Waals surface area (Å²) in [6.45, 7) is 4.95. The zero-order valence-corrected chi connectivity index (χ0v) is 15.9. The van der Waals surface area contributed by atoms with Gasteiger partial charge in [-0.05, 0) is 44.0 Å². The van der Waals surface area contributed by atoms with Crippen molar-refractivity contribution < 1.29 is 23.9 Å². The minimum Gasteiger partial charge on any atom is -0.496 e. The van der Waals surface area contributed by atoms with Crippen LogP contribution < -0.4 is 10.1 Å². The van der Waals surface area contributed by atoms with E-state index in [1.54, 1.807) is 24.3 Å². The van der Waals surface area contributed by atoms with Crippen molar-refractivity contribution in [1.29, 1.82) is 0 Å². The van der Waals surface area contributed by atoms with E-state index in [4.69, 9.17) is 9.47 Å². The third-order valence-corrected chi connectivity index (χ3v) is 4.07. The van der Waals surface area contributed by atoms with E-state index in [-0.39, 0.29) is 18.9 Å². The predicted molar refractivity (Wildman–Crippen MR) is 101 cm³/mol. The largest absolute Gasteiger partial charge is 0.496 e. The fraction of sp³-hybridized carbons (Fsp3) is 0.286. The van der Waals surface area contributed by atoms with Gasteiger partial charge in [0.05, 0.1) is 12.7 Å². The maximum atomic E-state index is 12.4. The molecule has 0 spiro atoms. The molecule has 2 aromatic rings. The fourth-order valence-corrected chi connectivity index (χ4v) is 2.97. The molecule has 142 valence electrons. The number of nitrogens with one attached hydrogen (secondary N) is 1. The number of rotatable bonds is 7. The third-order valence-electron chi connectivity index (χ3n) is 4.07. The molecule has 0 bridgehead atoms. The van der Waals surface area contributed by atoms with Gasteiger partial charge in [-0.2, -0.15) is 0 Å². The summed E-state index contributed by atoms with van der Waals surface area (Å²) in [5.74, 6) is -1.01. The number of methoxy groups -OCH3 is 1. The van der Waals surface area contributed by atoms with E-state index in [2.05, 4.69) is 5.32 Å². The van der Waals surface area contributed by atoms with Gasteiger partial charge in [-0.25, -0.2) is 0 Å². The highest BCUT2D eigenvalue weighted by Gasteiger charge is 2.17. The summed E-state index contributed by atoms with van der Waals surface area (Å²) >= 11 is 0. The van der Waals surface area contributed by atoms with Crippen molar-refractivity contribution in [2.45, 2.75) is 20.8 Å². The molecule has 0 aliphatic rings. The molecule has 0 fully saturated rings. The number of hydrogen-bond acceptors (Lipinski definition) is 5. The molecule has 0 saturated carbocycles. The van der Waals surface area contributed by atoms with Gasteiger partial charge in [-0.15, -0.1) is 0 Å². The molecule has 0 aromatic heterocycles. The van der Waals surface area contributed by atoms with Crippen molar-refractivity contribution in [3.63, 3.8) is 0 Å². The smallest absolute Gasteiger partial charge is 0.325 e. The predicted octanol–water partition coefficient (Wildman–Crippen LogP) is 2.78. The summed E-state index contributed by atoms with van der Waals surface area (Å²) < 4.78 is 10.1. The molecule has 0 aliphatic heterocycles. The molecule has 0 saturated heterocycles. The van der Waals surface area contributed by atoms with Crippen LogP contribution in [0.1, 0.15) is 37.4 Å². The molecule has 0 atom stereocenters. The molecule has 0 heterocycles. The van der Waals surface area contributed by atoms with E-state index >= 15 is 0 Å². The number of carbonyl (C=O) groups is 3. The van der Waals surface area contributed by atoms with Crippen molar-refractivity contribution in [2.75, 3.05) is 20.3 Å². The zero-order valence-electron chi connectivity index (χ0n) is 15.9. The van der Waals surface area contributed by atoms with Crippen molar-refractivity contribution in [3.05, 3.63) is 64.2 Å². The maximum Gasteiger partial charge on any atom is 0.325 e. The topological polar surface area (TPSA) is 81.7 Å². The lowest BCUT2D eigenvalue weighted by Crippen LogP contribution is -2.31. The van der Waals surface area contributed by atoms with Crippen molar-refractivity contribution in [3.8, 4) is 5.75 Å². The normalized spacial score (nSPS) is 10.2. The minimum atomic E-state index is -0.686. The lowest BCUT2D eigenvalue weighted by atomic mass is 9.97. The molecule has 6 nitrogen and oxygen atoms in total. The average molecular weight is 369 g/mol. The van der Waals surface area contributed by atoms with Gasteiger partial charge in [0.15, 0.2) is 6.61 Å². The number of aryl methyl sites for hydroxylation is 3. The van der Waals surface area contributed by atoms with Gasteiger partial charge in [0.1, 0.15) is 12.3 Å². The second-order valence-electron chi connectivity index (χ2n) is 6.24. The molecule has 1 amide bonds. The van der Waals surface area contributed by atoms with E-state index in [0.717, 1.165) is 16.7 Å². The number of carbonyl (C=O) groups excluding carboxylic acids is 3. The highest BCUT2D eigenvalue weighted by atomic mass is 16.5. The number of para-hydroxylation sites is 1. The van der Waals surface area contributed by atoms with Crippen LogP contribution in [0.2, 0.25) is 0 Å². The summed E-state index contributed by atoms with van der Waals surface area (Å²) in [5.41, 5.74) is 3.63. The Labute approximate surface area is 158 Å². The number of hydrogen-bond donors (Lipinski definition) is 1. The second kappa shape index (κ2) is 8.98. The Morgan fingerprint density at radius 3 is 2.26 bits per heavy atom. The van der Waals surface area contributed by atoms with Crippen LogP contribution in [-0.4, -0.2) is 37.9 Å². The standard InChI is InChI=1S/C21H23NO5/c1-13-9-14(2)20(15(3)10-13)17(23)12-27-19(24)11-22-21(25)16-7-5-6-8-18(16)26-4/h5-10H,11-12H2,1-4H3,(H,22,25).